The van der Waals surface area contributed by atoms with Crippen molar-refractivity contribution in [1.82, 2.24) is 25.4 Å². The smallest absolute Gasteiger partial charge is 0.244 e. The molecular formula is C17H19N5O4S. The van der Waals surface area contributed by atoms with Gasteiger partial charge in [-0.15, -0.1) is 10.2 Å². The summed E-state index contributed by atoms with van der Waals surface area (Å²) in [6.45, 7) is -0.0296. The Morgan fingerprint density at radius 2 is 1.70 bits per heavy atom. The first-order valence-corrected chi connectivity index (χ1v) is 10.1. The molecule has 0 saturated carbocycles. The standard InChI is InChI=1S/C17H19N5O4S/c23-16(7-6-13-4-2-1-3-5-13)20-14-9-27(25,26)10-15(14)21-17(24)8-22-11-18-19-12-22/h1-7,11-12,14-15H,8-10H2,(H,20,23)(H,21,24)/t14-,15-/m1/s1. The van der Waals surface area contributed by atoms with E-state index in [-0.39, 0.29) is 24.0 Å². The first kappa shape index (κ1) is 18.8. The number of nitrogens with zero attached hydrogens (tertiary/aromatic N) is 3. The largest absolute Gasteiger partial charge is 0.349 e. The van der Waals surface area contributed by atoms with Crippen LogP contribution in [-0.2, 0) is 26.0 Å². The van der Waals surface area contributed by atoms with Gasteiger partial charge in [0.05, 0.1) is 23.6 Å². The SMILES string of the molecule is O=C(C=Cc1ccccc1)N[C@@H]1CS(=O)(=O)C[C@H]1NC(=O)Cn1cnnc1. The zero-order valence-corrected chi connectivity index (χ0v) is 15.2. The van der Waals surface area contributed by atoms with Crippen molar-refractivity contribution in [3.63, 3.8) is 0 Å². The number of hydrogen-bond donors (Lipinski definition) is 2. The number of sulfone groups is 1. The fourth-order valence-corrected chi connectivity index (χ4v) is 4.68. The molecule has 1 aliphatic heterocycles. The molecule has 0 bridgehead atoms. The molecule has 2 aromatic rings. The molecule has 2 atom stereocenters. The van der Waals surface area contributed by atoms with E-state index in [0.717, 1.165) is 5.56 Å². The molecule has 0 aliphatic carbocycles. The summed E-state index contributed by atoms with van der Waals surface area (Å²) in [5.41, 5.74) is 0.852. The van der Waals surface area contributed by atoms with Crippen molar-refractivity contribution >= 4 is 27.7 Å². The summed E-state index contributed by atoms with van der Waals surface area (Å²) >= 11 is 0. The predicted molar refractivity (Wildman–Crippen MR) is 98.0 cm³/mol. The van der Waals surface area contributed by atoms with E-state index in [1.54, 1.807) is 6.08 Å². The normalized spacial score (nSPS) is 21.2. The molecule has 1 fully saturated rings. The van der Waals surface area contributed by atoms with Gasteiger partial charge in [0.25, 0.3) is 0 Å². The van der Waals surface area contributed by atoms with E-state index in [0.29, 0.717) is 0 Å². The highest BCUT2D eigenvalue weighted by Crippen LogP contribution is 2.13. The number of benzene rings is 1. The number of carbonyl (C=O) groups excluding carboxylic acids is 2. The van der Waals surface area contributed by atoms with Crippen molar-refractivity contribution in [2.75, 3.05) is 11.5 Å². The minimum atomic E-state index is -3.35. The van der Waals surface area contributed by atoms with Crippen molar-refractivity contribution in [1.29, 1.82) is 0 Å². The van der Waals surface area contributed by atoms with Crippen molar-refractivity contribution in [2.24, 2.45) is 0 Å². The van der Waals surface area contributed by atoms with Crippen LogP contribution in [0.25, 0.3) is 6.08 Å². The highest BCUT2D eigenvalue weighted by molar-refractivity contribution is 7.91. The number of aromatic nitrogens is 3. The van der Waals surface area contributed by atoms with Gasteiger partial charge in [-0.05, 0) is 11.6 Å². The topological polar surface area (TPSA) is 123 Å². The van der Waals surface area contributed by atoms with Crippen LogP contribution in [0.2, 0.25) is 0 Å². The first-order valence-electron chi connectivity index (χ1n) is 8.27. The Kier molecular flexibility index (Phi) is 5.65. The second kappa shape index (κ2) is 8.12. The number of nitrogens with one attached hydrogen (secondary N) is 2. The Bertz CT molecular complexity index is 925. The third-order valence-corrected chi connectivity index (χ3v) is 5.78. The molecule has 142 valence electrons. The third-order valence-electron chi connectivity index (χ3n) is 4.05. The molecule has 0 spiro atoms. The van der Waals surface area contributed by atoms with Crippen molar-refractivity contribution in [3.05, 3.63) is 54.6 Å². The zero-order chi connectivity index (χ0) is 19.3. The molecule has 9 nitrogen and oxygen atoms in total. The second-order valence-electron chi connectivity index (χ2n) is 6.24. The molecule has 27 heavy (non-hydrogen) atoms. The van der Waals surface area contributed by atoms with E-state index in [1.165, 1.54) is 23.3 Å². The minimum Gasteiger partial charge on any atom is -0.349 e. The van der Waals surface area contributed by atoms with Crippen molar-refractivity contribution < 1.29 is 18.0 Å². The van der Waals surface area contributed by atoms with Gasteiger partial charge in [-0.2, -0.15) is 0 Å². The van der Waals surface area contributed by atoms with Crippen LogP contribution in [0.15, 0.2) is 49.1 Å². The van der Waals surface area contributed by atoms with Crippen molar-refractivity contribution in [3.8, 4) is 0 Å². The summed E-state index contributed by atoms with van der Waals surface area (Å²) < 4.78 is 25.4. The van der Waals surface area contributed by atoms with E-state index in [4.69, 9.17) is 0 Å². The highest BCUT2D eigenvalue weighted by atomic mass is 32.2. The Hall–Kier alpha value is -3.01. The molecule has 3 rings (SSSR count). The lowest BCUT2D eigenvalue weighted by Gasteiger charge is -2.20. The van der Waals surface area contributed by atoms with Crippen LogP contribution in [0.5, 0.6) is 0 Å². The van der Waals surface area contributed by atoms with E-state index in [2.05, 4.69) is 20.8 Å². The fourth-order valence-electron chi connectivity index (χ4n) is 2.82. The van der Waals surface area contributed by atoms with Crippen LogP contribution in [0.4, 0.5) is 0 Å². The van der Waals surface area contributed by atoms with E-state index < -0.39 is 27.8 Å². The molecule has 2 heterocycles. The number of hydrogen-bond acceptors (Lipinski definition) is 6. The summed E-state index contributed by atoms with van der Waals surface area (Å²) in [6.07, 6.45) is 5.76. The van der Waals surface area contributed by atoms with Gasteiger partial charge in [0.1, 0.15) is 19.2 Å². The molecule has 1 aromatic heterocycles. The van der Waals surface area contributed by atoms with Gasteiger partial charge in [-0.3, -0.25) is 9.59 Å². The van der Waals surface area contributed by atoms with Crippen LogP contribution in [0.3, 0.4) is 0 Å². The Morgan fingerprint density at radius 3 is 2.37 bits per heavy atom. The molecule has 0 unspecified atom stereocenters. The third kappa shape index (κ3) is 5.48. The summed E-state index contributed by atoms with van der Waals surface area (Å²) in [5.74, 6) is -1.22. The molecule has 1 aliphatic rings. The summed E-state index contributed by atoms with van der Waals surface area (Å²) in [6, 6.07) is 7.88. The highest BCUT2D eigenvalue weighted by Gasteiger charge is 2.39. The molecule has 10 heteroatoms. The average Bonchev–Trinajstić information content (AvgIpc) is 3.21. The second-order valence-corrected chi connectivity index (χ2v) is 8.40. The molecule has 1 aromatic carbocycles. The van der Waals surface area contributed by atoms with Gasteiger partial charge in [0.2, 0.25) is 11.8 Å². The van der Waals surface area contributed by atoms with Gasteiger partial charge in [0, 0.05) is 6.08 Å². The van der Waals surface area contributed by atoms with Gasteiger partial charge < -0.3 is 15.2 Å². The van der Waals surface area contributed by atoms with Gasteiger partial charge >= 0.3 is 0 Å². The maximum atomic E-state index is 12.1. The molecule has 1 saturated heterocycles. The lowest BCUT2D eigenvalue weighted by Crippen LogP contribution is -2.51. The number of carbonyl (C=O) groups is 2. The van der Waals surface area contributed by atoms with E-state index >= 15 is 0 Å². The molecular weight excluding hydrogens is 370 g/mol. The van der Waals surface area contributed by atoms with Crippen LogP contribution in [0, 0.1) is 0 Å². The van der Waals surface area contributed by atoms with Crippen LogP contribution >= 0.6 is 0 Å². The number of rotatable bonds is 6. The Morgan fingerprint density at radius 1 is 1.07 bits per heavy atom. The van der Waals surface area contributed by atoms with Gasteiger partial charge in [-0.25, -0.2) is 8.42 Å². The quantitative estimate of drug-likeness (QED) is 0.636. The fraction of sp³-hybridized carbons (Fsp3) is 0.294. The first-order chi connectivity index (χ1) is 12.9. The van der Waals surface area contributed by atoms with Crippen molar-refractivity contribution in [2.45, 2.75) is 18.6 Å². The van der Waals surface area contributed by atoms with Gasteiger partial charge in [-0.1, -0.05) is 30.3 Å². The van der Waals surface area contributed by atoms with Crippen LogP contribution < -0.4 is 10.6 Å². The average molecular weight is 389 g/mol. The van der Waals surface area contributed by atoms with E-state index in [1.807, 2.05) is 30.3 Å². The summed E-state index contributed by atoms with van der Waals surface area (Å²) in [5, 5.41) is 12.5. The Labute approximate surface area is 156 Å². The summed E-state index contributed by atoms with van der Waals surface area (Å²) in [4.78, 5) is 24.3. The summed E-state index contributed by atoms with van der Waals surface area (Å²) in [7, 11) is -3.35. The minimum absolute atomic E-state index is 0.0296. The zero-order valence-electron chi connectivity index (χ0n) is 14.4. The van der Waals surface area contributed by atoms with Crippen LogP contribution in [-0.4, -0.2) is 58.6 Å². The molecule has 0 radical (unpaired) electrons. The lowest BCUT2D eigenvalue weighted by atomic mass is 10.1. The maximum Gasteiger partial charge on any atom is 0.244 e. The lowest BCUT2D eigenvalue weighted by molar-refractivity contribution is -0.123. The maximum absolute atomic E-state index is 12.1. The van der Waals surface area contributed by atoms with E-state index in [9.17, 15) is 18.0 Å². The number of amides is 2. The van der Waals surface area contributed by atoms with Crippen LogP contribution in [0.1, 0.15) is 5.56 Å². The monoisotopic (exact) mass is 389 g/mol. The molecule has 2 N–H and O–H groups in total. The Balaban J connectivity index is 1.60. The molecule has 2 amide bonds. The predicted octanol–water partition coefficient (Wildman–Crippen LogP) is -0.610. The van der Waals surface area contributed by atoms with Gasteiger partial charge in [0.15, 0.2) is 9.84 Å².